The first-order chi connectivity index (χ1) is 9.73. The van der Waals surface area contributed by atoms with Gasteiger partial charge in [0.2, 0.25) is 0 Å². The number of rotatable bonds is 4. The number of alkyl carbamates (subject to hydrolysis) is 1. The smallest absolute Gasteiger partial charge is 0.407 e. The highest BCUT2D eigenvalue weighted by Crippen LogP contribution is 2.16. The number of nitrogens with one attached hydrogen (secondary N) is 1. The number of pyridine rings is 1. The third-order valence-corrected chi connectivity index (χ3v) is 2.46. The van der Waals surface area contributed by atoms with E-state index in [0.29, 0.717) is 5.56 Å². The maximum absolute atomic E-state index is 11.4. The van der Waals surface area contributed by atoms with Crippen LogP contribution in [0.1, 0.15) is 38.1 Å². The van der Waals surface area contributed by atoms with Gasteiger partial charge in [-0.3, -0.25) is 0 Å². The molecule has 1 rings (SSSR count). The van der Waals surface area contributed by atoms with Crippen molar-refractivity contribution >= 4 is 6.09 Å². The van der Waals surface area contributed by atoms with Crippen LogP contribution < -0.4 is 5.32 Å². The minimum absolute atomic E-state index is 0.171. The molecule has 0 aliphatic carbocycles. The summed E-state index contributed by atoms with van der Waals surface area (Å²) >= 11 is 0. The molecule has 1 aromatic heterocycles. The zero-order valence-corrected chi connectivity index (χ0v) is 12.2. The van der Waals surface area contributed by atoms with Gasteiger partial charge < -0.3 is 20.3 Å². The molecule has 3 N–H and O–H groups in total. The topological polar surface area (TPSA) is 115 Å². The lowest BCUT2D eigenvalue weighted by Crippen LogP contribution is -2.38. The second-order valence-corrected chi connectivity index (χ2v) is 5.48. The normalized spacial score (nSPS) is 13.9. The third kappa shape index (κ3) is 5.77. The summed E-state index contributed by atoms with van der Waals surface area (Å²) in [6.45, 7) is 5.00. The first-order valence-corrected chi connectivity index (χ1v) is 6.42. The summed E-state index contributed by atoms with van der Waals surface area (Å²) in [7, 11) is 0. The molecule has 114 valence electrons. The van der Waals surface area contributed by atoms with E-state index in [1.54, 1.807) is 20.8 Å². The highest BCUT2D eigenvalue weighted by molar-refractivity contribution is 5.67. The van der Waals surface area contributed by atoms with Crippen molar-refractivity contribution in [1.29, 1.82) is 5.26 Å². The minimum Gasteiger partial charge on any atom is -0.444 e. The van der Waals surface area contributed by atoms with E-state index in [9.17, 15) is 15.0 Å². The monoisotopic (exact) mass is 293 g/mol. The summed E-state index contributed by atoms with van der Waals surface area (Å²) in [4.78, 5) is 15.2. The molecule has 0 fully saturated rings. The molecule has 0 saturated carbocycles. The van der Waals surface area contributed by atoms with Crippen LogP contribution in [0.3, 0.4) is 0 Å². The minimum atomic E-state index is -1.22. The van der Waals surface area contributed by atoms with Crippen molar-refractivity contribution in [1.82, 2.24) is 10.3 Å². The Morgan fingerprint density at radius 2 is 2.14 bits per heavy atom. The van der Waals surface area contributed by atoms with Crippen LogP contribution in [0.5, 0.6) is 0 Å². The fraction of sp³-hybridized carbons (Fsp3) is 0.500. The summed E-state index contributed by atoms with van der Waals surface area (Å²) in [6.07, 6.45) is -1.81. The molecule has 0 saturated heterocycles. The number of aliphatic hydroxyl groups excluding tert-OH is 2. The number of carbonyl (C=O) groups excluding carboxylic acids is 1. The van der Waals surface area contributed by atoms with Gasteiger partial charge in [-0.25, -0.2) is 9.78 Å². The van der Waals surface area contributed by atoms with Gasteiger partial charge in [-0.1, -0.05) is 6.07 Å². The second-order valence-electron chi connectivity index (χ2n) is 5.48. The number of aromatic nitrogens is 1. The molecular formula is C14H19N3O4. The predicted molar refractivity (Wildman–Crippen MR) is 74.2 cm³/mol. The van der Waals surface area contributed by atoms with Gasteiger partial charge in [0.15, 0.2) is 0 Å². The summed E-state index contributed by atoms with van der Waals surface area (Å²) < 4.78 is 5.01. The molecule has 1 aromatic rings. The molecule has 1 heterocycles. The molecule has 2 unspecified atom stereocenters. The fourth-order valence-electron chi connectivity index (χ4n) is 1.48. The number of aliphatic hydroxyl groups is 2. The molecule has 0 radical (unpaired) electrons. The van der Waals surface area contributed by atoms with Crippen LogP contribution in [0.4, 0.5) is 4.79 Å². The first kappa shape index (κ1) is 16.9. The Balaban J connectivity index is 2.52. The highest BCUT2D eigenvalue weighted by atomic mass is 16.6. The van der Waals surface area contributed by atoms with Crippen molar-refractivity contribution in [3.63, 3.8) is 0 Å². The molecule has 0 bridgehead atoms. The Morgan fingerprint density at radius 3 is 2.62 bits per heavy atom. The van der Waals surface area contributed by atoms with Gasteiger partial charge in [0.1, 0.15) is 29.6 Å². The second kappa shape index (κ2) is 7.02. The van der Waals surface area contributed by atoms with Crippen molar-refractivity contribution in [3.8, 4) is 6.07 Å². The lowest BCUT2D eigenvalue weighted by molar-refractivity contribution is 0.0128. The molecule has 0 aliphatic heterocycles. The van der Waals surface area contributed by atoms with E-state index in [2.05, 4.69) is 10.3 Å². The van der Waals surface area contributed by atoms with E-state index in [1.165, 1.54) is 18.3 Å². The zero-order chi connectivity index (χ0) is 16.0. The van der Waals surface area contributed by atoms with Crippen LogP contribution in [0.15, 0.2) is 18.3 Å². The van der Waals surface area contributed by atoms with Crippen molar-refractivity contribution in [2.75, 3.05) is 6.54 Å². The van der Waals surface area contributed by atoms with E-state index < -0.39 is 23.9 Å². The standard InChI is InChI=1S/C14H19N3O4/c1-14(2,3)21-13(20)17-8-11(18)12(19)9-4-5-10(6-15)16-7-9/h4-5,7,11-12,18-19H,8H2,1-3H3,(H,17,20). The molecule has 2 atom stereocenters. The lowest BCUT2D eigenvalue weighted by atomic mass is 10.1. The average molecular weight is 293 g/mol. The molecule has 7 heteroatoms. The lowest BCUT2D eigenvalue weighted by Gasteiger charge is -2.22. The van der Waals surface area contributed by atoms with Gasteiger partial charge in [0.05, 0.1) is 0 Å². The van der Waals surface area contributed by atoms with Crippen LogP contribution in [-0.4, -0.2) is 39.5 Å². The van der Waals surface area contributed by atoms with Gasteiger partial charge in [-0.2, -0.15) is 5.26 Å². The van der Waals surface area contributed by atoms with Crippen molar-refractivity contribution in [3.05, 3.63) is 29.6 Å². The zero-order valence-electron chi connectivity index (χ0n) is 12.2. The van der Waals surface area contributed by atoms with Gasteiger partial charge in [0, 0.05) is 18.3 Å². The van der Waals surface area contributed by atoms with Crippen molar-refractivity contribution in [2.24, 2.45) is 0 Å². The predicted octanol–water partition coefficient (Wildman–Crippen LogP) is 0.872. The Bertz CT molecular complexity index is 517. The van der Waals surface area contributed by atoms with E-state index >= 15 is 0 Å². The number of hydrogen-bond acceptors (Lipinski definition) is 6. The van der Waals surface area contributed by atoms with Crippen LogP contribution in [0, 0.1) is 11.3 Å². The van der Waals surface area contributed by atoms with Crippen molar-refractivity contribution in [2.45, 2.75) is 38.6 Å². The molecule has 0 spiro atoms. The van der Waals surface area contributed by atoms with Gasteiger partial charge >= 0.3 is 6.09 Å². The van der Waals surface area contributed by atoms with Crippen molar-refractivity contribution < 1.29 is 19.7 Å². The molecule has 21 heavy (non-hydrogen) atoms. The molecule has 0 aliphatic rings. The van der Waals surface area contributed by atoms with E-state index in [0.717, 1.165) is 0 Å². The summed E-state index contributed by atoms with van der Waals surface area (Å²) in [5.41, 5.74) is -0.0650. The van der Waals surface area contributed by atoms with Crippen LogP contribution in [-0.2, 0) is 4.74 Å². The Kier molecular flexibility index (Phi) is 5.64. The Morgan fingerprint density at radius 1 is 1.48 bits per heavy atom. The Hall–Kier alpha value is -2.17. The molecular weight excluding hydrogens is 274 g/mol. The summed E-state index contributed by atoms with van der Waals surface area (Å²) in [6, 6.07) is 4.79. The Labute approximate surface area is 123 Å². The average Bonchev–Trinajstić information content (AvgIpc) is 2.42. The molecule has 1 amide bonds. The maximum Gasteiger partial charge on any atom is 0.407 e. The van der Waals surface area contributed by atoms with E-state index in [-0.39, 0.29) is 12.2 Å². The largest absolute Gasteiger partial charge is 0.444 e. The maximum atomic E-state index is 11.4. The van der Waals surface area contributed by atoms with E-state index in [1.807, 2.05) is 6.07 Å². The molecule has 0 aromatic carbocycles. The highest BCUT2D eigenvalue weighted by Gasteiger charge is 2.21. The number of ether oxygens (including phenoxy) is 1. The van der Waals surface area contributed by atoms with Gasteiger partial charge in [-0.05, 0) is 26.8 Å². The summed E-state index contributed by atoms with van der Waals surface area (Å²) in [5, 5.41) is 30.8. The number of nitrogens with zero attached hydrogens (tertiary/aromatic N) is 2. The van der Waals surface area contributed by atoms with E-state index in [4.69, 9.17) is 10.00 Å². The number of hydrogen-bond donors (Lipinski definition) is 3. The van der Waals surface area contributed by atoms with Crippen LogP contribution in [0.2, 0.25) is 0 Å². The van der Waals surface area contributed by atoms with Gasteiger partial charge in [-0.15, -0.1) is 0 Å². The van der Waals surface area contributed by atoms with Crippen LogP contribution in [0.25, 0.3) is 0 Å². The quantitative estimate of drug-likeness (QED) is 0.758. The van der Waals surface area contributed by atoms with Crippen LogP contribution >= 0.6 is 0 Å². The fourth-order valence-corrected chi connectivity index (χ4v) is 1.48. The summed E-state index contributed by atoms with van der Waals surface area (Å²) in [5.74, 6) is 0. The third-order valence-electron chi connectivity index (χ3n) is 2.46. The number of carbonyl (C=O) groups is 1. The first-order valence-electron chi connectivity index (χ1n) is 6.42. The SMILES string of the molecule is CC(C)(C)OC(=O)NCC(O)C(O)c1ccc(C#N)nc1. The van der Waals surface area contributed by atoms with Gasteiger partial charge in [0.25, 0.3) is 0 Å². The number of amides is 1. The number of nitriles is 1. The molecule has 7 nitrogen and oxygen atoms in total.